The number of aromatic nitrogens is 2. The number of carbonyl (C=O) groups excluding carboxylic acids is 1. The number of amides is 1. The fourth-order valence-electron chi connectivity index (χ4n) is 3.75. The summed E-state index contributed by atoms with van der Waals surface area (Å²) in [5.74, 6) is 0.198. The van der Waals surface area contributed by atoms with Gasteiger partial charge in [0.15, 0.2) is 0 Å². The van der Waals surface area contributed by atoms with E-state index in [4.69, 9.17) is 0 Å². The molecule has 148 valence electrons. The van der Waals surface area contributed by atoms with E-state index in [2.05, 4.69) is 20.2 Å². The van der Waals surface area contributed by atoms with Crippen LogP contribution in [0.4, 0.5) is 10.3 Å². The lowest BCUT2D eigenvalue weighted by Gasteiger charge is -2.33. The number of carbonyl (C=O) groups is 1. The minimum atomic E-state index is -0.326. The Balaban J connectivity index is 1.52. The van der Waals surface area contributed by atoms with E-state index in [0.29, 0.717) is 12.5 Å². The second-order valence-electron chi connectivity index (χ2n) is 7.24. The Labute approximate surface area is 169 Å². The van der Waals surface area contributed by atoms with Gasteiger partial charge in [0, 0.05) is 25.5 Å². The van der Waals surface area contributed by atoms with Crippen molar-refractivity contribution >= 4 is 11.9 Å². The van der Waals surface area contributed by atoms with Gasteiger partial charge in [-0.2, -0.15) is 0 Å². The van der Waals surface area contributed by atoms with Crippen molar-refractivity contribution in [2.45, 2.75) is 18.9 Å². The summed E-state index contributed by atoms with van der Waals surface area (Å²) < 4.78 is 13.4. The van der Waals surface area contributed by atoms with Gasteiger partial charge >= 0.3 is 0 Å². The smallest absolute Gasteiger partial charge is 0.225 e. The summed E-state index contributed by atoms with van der Waals surface area (Å²) in [6.45, 7) is 1.43. The Morgan fingerprint density at radius 1 is 1.00 bits per heavy atom. The molecule has 1 aromatic heterocycles. The number of anilines is 1. The van der Waals surface area contributed by atoms with Gasteiger partial charge < -0.3 is 10.2 Å². The highest BCUT2D eigenvalue weighted by Crippen LogP contribution is 2.25. The van der Waals surface area contributed by atoms with Gasteiger partial charge in [0.05, 0.1) is 12.0 Å². The van der Waals surface area contributed by atoms with Gasteiger partial charge in [0.2, 0.25) is 11.9 Å². The maximum atomic E-state index is 13.4. The minimum absolute atomic E-state index is 0.0104. The summed E-state index contributed by atoms with van der Waals surface area (Å²) in [6, 6.07) is 17.5. The monoisotopic (exact) mass is 390 g/mol. The van der Waals surface area contributed by atoms with Crippen molar-refractivity contribution in [1.29, 1.82) is 0 Å². The quantitative estimate of drug-likeness (QED) is 0.721. The Kier molecular flexibility index (Phi) is 5.79. The second-order valence-corrected chi connectivity index (χ2v) is 7.24. The van der Waals surface area contributed by atoms with Crippen molar-refractivity contribution in [1.82, 2.24) is 15.3 Å². The largest absolute Gasteiger partial charge is 0.345 e. The van der Waals surface area contributed by atoms with E-state index in [1.807, 2.05) is 30.3 Å². The first-order valence-electron chi connectivity index (χ1n) is 9.83. The first-order valence-corrected chi connectivity index (χ1v) is 9.83. The zero-order valence-corrected chi connectivity index (χ0v) is 16.0. The predicted molar refractivity (Wildman–Crippen MR) is 110 cm³/mol. The third kappa shape index (κ3) is 4.59. The molecular weight excluding hydrogens is 367 g/mol. The third-order valence-corrected chi connectivity index (χ3v) is 5.25. The van der Waals surface area contributed by atoms with Gasteiger partial charge in [-0.25, -0.2) is 14.4 Å². The highest BCUT2D eigenvalue weighted by Gasteiger charge is 2.29. The van der Waals surface area contributed by atoms with E-state index in [0.717, 1.165) is 30.5 Å². The Hall–Kier alpha value is -3.28. The van der Waals surface area contributed by atoms with E-state index in [9.17, 15) is 9.18 Å². The van der Waals surface area contributed by atoms with Crippen molar-refractivity contribution < 1.29 is 9.18 Å². The average molecular weight is 390 g/mol. The molecule has 1 aliphatic rings. The fourth-order valence-corrected chi connectivity index (χ4v) is 3.75. The summed E-state index contributed by atoms with van der Waals surface area (Å²) in [4.78, 5) is 23.8. The molecule has 5 nitrogen and oxygen atoms in total. The third-order valence-electron chi connectivity index (χ3n) is 5.25. The molecule has 0 radical (unpaired) electrons. The van der Waals surface area contributed by atoms with Gasteiger partial charge in [-0.1, -0.05) is 42.5 Å². The molecule has 29 heavy (non-hydrogen) atoms. The molecule has 2 heterocycles. The summed E-state index contributed by atoms with van der Waals surface area (Å²) in [5.41, 5.74) is 1.82. The van der Waals surface area contributed by atoms with Crippen LogP contribution in [-0.2, 0) is 4.79 Å². The van der Waals surface area contributed by atoms with Crippen molar-refractivity contribution in [3.63, 3.8) is 0 Å². The maximum absolute atomic E-state index is 13.4. The topological polar surface area (TPSA) is 58.1 Å². The second kappa shape index (κ2) is 8.82. The minimum Gasteiger partial charge on any atom is -0.345 e. The van der Waals surface area contributed by atoms with Gasteiger partial charge in [-0.3, -0.25) is 4.79 Å². The van der Waals surface area contributed by atoms with Gasteiger partial charge in [0.25, 0.3) is 0 Å². The van der Waals surface area contributed by atoms with E-state index in [1.54, 1.807) is 30.6 Å². The first kappa shape index (κ1) is 19.1. The predicted octanol–water partition coefficient (Wildman–Crippen LogP) is 3.74. The van der Waals surface area contributed by atoms with Crippen LogP contribution >= 0.6 is 0 Å². The van der Waals surface area contributed by atoms with Crippen LogP contribution < -0.4 is 10.2 Å². The lowest BCUT2D eigenvalue weighted by Crippen LogP contribution is -2.44. The summed E-state index contributed by atoms with van der Waals surface area (Å²) in [5, 5.41) is 3.18. The molecule has 1 N–H and O–H groups in total. The highest BCUT2D eigenvalue weighted by atomic mass is 19.1. The van der Waals surface area contributed by atoms with Crippen LogP contribution in [0.2, 0.25) is 0 Å². The van der Waals surface area contributed by atoms with E-state index < -0.39 is 0 Å². The van der Waals surface area contributed by atoms with Crippen LogP contribution in [-0.4, -0.2) is 29.0 Å². The molecule has 2 atom stereocenters. The number of rotatable bonds is 5. The molecule has 2 aromatic carbocycles. The molecule has 0 saturated carbocycles. The number of piperidine rings is 1. The lowest BCUT2D eigenvalue weighted by atomic mass is 9.94. The highest BCUT2D eigenvalue weighted by molar-refractivity contribution is 5.80. The normalized spacial score (nSPS) is 17.6. The maximum Gasteiger partial charge on any atom is 0.225 e. The van der Waals surface area contributed by atoms with Gasteiger partial charge in [-0.05, 0) is 42.2 Å². The Morgan fingerprint density at radius 2 is 1.69 bits per heavy atom. The number of hydrogen-bond donors (Lipinski definition) is 1. The zero-order valence-electron chi connectivity index (χ0n) is 16.0. The molecule has 2 unspecified atom stereocenters. The van der Waals surface area contributed by atoms with Crippen molar-refractivity contribution in [2.24, 2.45) is 5.92 Å². The zero-order chi connectivity index (χ0) is 20.1. The van der Waals surface area contributed by atoms with E-state index >= 15 is 0 Å². The molecule has 4 rings (SSSR count). The van der Waals surface area contributed by atoms with E-state index in [-0.39, 0.29) is 23.7 Å². The molecule has 0 bridgehead atoms. The van der Waals surface area contributed by atoms with Crippen LogP contribution in [0.3, 0.4) is 0 Å². The molecule has 1 fully saturated rings. The van der Waals surface area contributed by atoms with Crippen molar-refractivity contribution in [3.05, 3.63) is 90.0 Å². The lowest BCUT2D eigenvalue weighted by molar-refractivity contribution is -0.125. The molecule has 1 saturated heterocycles. The van der Waals surface area contributed by atoms with Gasteiger partial charge in [0.1, 0.15) is 5.82 Å². The van der Waals surface area contributed by atoms with E-state index in [1.165, 1.54) is 12.1 Å². The SMILES string of the molecule is O=C(NC(c1ccccc1)c1ccc(F)cc1)C1CCCN(c2ncccn2)C1. The van der Waals surface area contributed by atoms with Gasteiger partial charge in [-0.15, -0.1) is 0 Å². The number of nitrogens with zero attached hydrogens (tertiary/aromatic N) is 3. The van der Waals surface area contributed by atoms with Crippen LogP contribution in [0.5, 0.6) is 0 Å². The molecule has 0 aliphatic carbocycles. The first-order chi connectivity index (χ1) is 14.2. The Morgan fingerprint density at radius 3 is 2.41 bits per heavy atom. The number of hydrogen-bond acceptors (Lipinski definition) is 4. The molecular formula is C23H23FN4O. The molecule has 6 heteroatoms. The number of benzene rings is 2. The fraction of sp³-hybridized carbons (Fsp3) is 0.261. The van der Waals surface area contributed by atoms with Crippen molar-refractivity contribution in [2.75, 3.05) is 18.0 Å². The molecule has 1 amide bonds. The van der Waals surface area contributed by atoms with Crippen LogP contribution in [0, 0.1) is 11.7 Å². The molecule has 3 aromatic rings. The van der Waals surface area contributed by atoms with Crippen LogP contribution in [0.1, 0.15) is 30.0 Å². The van der Waals surface area contributed by atoms with Crippen LogP contribution in [0.25, 0.3) is 0 Å². The molecule has 1 aliphatic heterocycles. The number of nitrogens with one attached hydrogen (secondary N) is 1. The van der Waals surface area contributed by atoms with Crippen LogP contribution in [0.15, 0.2) is 73.1 Å². The Bertz CT molecular complexity index is 934. The number of halogens is 1. The molecule has 0 spiro atoms. The summed E-state index contributed by atoms with van der Waals surface area (Å²) >= 11 is 0. The van der Waals surface area contributed by atoms with Crippen molar-refractivity contribution in [3.8, 4) is 0 Å². The summed E-state index contributed by atoms with van der Waals surface area (Å²) in [7, 11) is 0. The average Bonchev–Trinajstić information content (AvgIpc) is 2.79. The standard InChI is InChI=1S/C23H23FN4O/c24-20-11-9-18(10-12-20)21(17-6-2-1-3-7-17)27-22(29)19-8-4-15-28(16-19)23-25-13-5-14-26-23/h1-3,5-7,9-14,19,21H,4,8,15-16H2,(H,27,29). The summed E-state index contributed by atoms with van der Waals surface area (Å²) in [6.07, 6.45) is 5.15.